The molecule has 0 bridgehead atoms. The van der Waals surface area contributed by atoms with E-state index in [2.05, 4.69) is 56.3 Å². The Labute approximate surface area is 227 Å². The van der Waals surface area contributed by atoms with Gasteiger partial charge in [-0.2, -0.15) is 0 Å². The third-order valence-electron chi connectivity index (χ3n) is 7.74. The molecule has 2 unspecified atom stereocenters. The summed E-state index contributed by atoms with van der Waals surface area (Å²) in [4.78, 5) is 34.0. The highest BCUT2D eigenvalue weighted by Gasteiger charge is 2.47. The third kappa shape index (κ3) is 6.87. The minimum absolute atomic E-state index is 0.0356. The van der Waals surface area contributed by atoms with Gasteiger partial charge in [0.25, 0.3) is 0 Å². The molecule has 37 heavy (non-hydrogen) atoms. The van der Waals surface area contributed by atoms with Crippen LogP contribution >= 0.6 is 11.3 Å². The van der Waals surface area contributed by atoms with Crippen LogP contribution in [0.2, 0.25) is 18.1 Å². The number of hydrogen-bond donors (Lipinski definition) is 2. The second-order valence-electron chi connectivity index (χ2n) is 12.8. The summed E-state index contributed by atoms with van der Waals surface area (Å²) in [6, 6.07) is 6.85. The average Bonchev–Trinajstić information content (AvgIpc) is 3.41. The number of nitrogens with zero attached hydrogens (tertiary/aromatic N) is 2. The zero-order chi connectivity index (χ0) is 27.8. The number of thiazole rings is 1. The Hall–Kier alpha value is -2.07. The van der Waals surface area contributed by atoms with Crippen LogP contribution in [0.15, 0.2) is 29.8 Å². The molecule has 3 N–H and O–H groups in total. The molecule has 204 valence electrons. The zero-order valence-electron chi connectivity index (χ0n) is 23.8. The number of carbonyl (C=O) groups excluding carboxylic acids is 2. The summed E-state index contributed by atoms with van der Waals surface area (Å²) in [7, 11) is -2.07. The lowest BCUT2D eigenvalue weighted by molar-refractivity contribution is -0.141. The van der Waals surface area contributed by atoms with E-state index in [4.69, 9.17) is 10.2 Å². The number of amides is 2. The number of aryl methyl sites for hydroxylation is 1. The van der Waals surface area contributed by atoms with Gasteiger partial charge in [0.15, 0.2) is 8.32 Å². The molecule has 3 atom stereocenters. The molecule has 0 aliphatic carbocycles. The van der Waals surface area contributed by atoms with Gasteiger partial charge in [0.2, 0.25) is 11.8 Å². The maximum atomic E-state index is 13.4. The Bertz CT molecular complexity index is 1100. The van der Waals surface area contributed by atoms with Crippen LogP contribution in [-0.4, -0.2) is 54.7 Å². The predicted octanol–water partition coefficient (Wildman–Crippen LogP) is 5.10. The van der Waals surface area contributed by atoms with Crippen molar-refractivity contribution in [2.24, 2.45) is 11.1 Å². The fraction of sp³-hybridized carbons (Fsp3) is 0.607. The number of likely N-dealkylation sites (tertiary alicyclic amines) is 1. The smallest absolute Gasteiger partial charge is 0.243 e. The molecular weight excluding hydrogens is 500 g/mol. The van der Waals surface area contributed by atoms with Crippen LogP contribution in [0.4, 0.5) is 0 Å². The zero-order valence-corrected chi connectivity index (χ0v) is 25.7. The Morgan fingerprint density at radius 1 is 1.19 bits per heavy atom. The third-order valence-corrected chi connectivity index (χ3v) is 13.3. The van der Waals surface area contributed by atoms with Crippen molar-refractivity contribution in [2.75, 3.05) is 6.54 Å². The number of benzene rings is 1. The van der Waals surface area contributed by atoms with E-state index in [-0.39, 0.29) is 23.0 Å². The summed E-state index contributed by atoms with van der Waals surface area (Å²) < 4.78 is 6.63. The maximum absolute atomic E-state index is 13.4. The molecule has 7 nitrogen and oxygen atoms in total. The van der Waals surface area contributed by atoms with Gasteiger partial charge in [-0.05, 0) is 41.6 Å². The molecule has 3 rings (SSSR count). The first kappa shape index (κ1) is 29.5. The molecule has 1 aliphatic rings. The van der Waals surface area contributed by atoms with Crippen molar-refractivity contribution in [3.05, 3.63) is 41.0 Å². The lowest BCUT2D eigenvalue weighted by Gasteiger charge is -2.38. The van der Waals surface area contributed by atoms with Crippen molar-refractivity contribution in [1.82, 2.24) is 15.2 Å². The molecule has 1 aromatic heterocycles. The first-order valence-electron chi connectivity index (χ1n) is 13.0. The van der Waals surface area contributed by atoms with E-state index < -0.39 is 25.8 Å². The quantitative estimate of drug-likeness (QED) is 0.473. The van der Waals surface area contributed by atoms with Crippen LogP contribution < -0.4 is 11.1 Å². The van der Waals surface area contributed by atoms with E-state index in [0.717, 1.165) is 21.7 Å². The summed E-state index contributed by atoms with van der Waals surface area (Å²) in [6.07, 6.45) is 0.291. The fourth-order valence-corrected chi connectivity index (χ4v) is 6.35. The van der Waals surface area contributed by atoms with Crippen molar-refractivity contribution in [3.63, 3.8) is 0 Å². The molecule has 0 spiro atoms. The Balaban J connectivity index is 1.73. The van der Waals surface area contributed by atoms with Crippen molar-refractivity contribution < 1.29 is 14.0 Å². The number of aromatic nitrogens is 1. The van der Waals surface area contributed by atoms with E-state index in [1.165, 1.54) is 0 Å². The molecule has 9 heteroatoms. The topological polar surface area (TPSA) is 97.5 Å². The van der Waals surface area contributed by atoms with Crippen LogP contribution in [0.3, 0.4) is 0 Å². The van der Waals surface area contributed by atoms with Crippen LogP contribution in [0.1, 0.15) is 59.2 Å². The van der Waals surface area contributed by atoms with Crippen LogP contribution in [0.25, 0.3) is 10.4 Å². The standard InChI is InChI=1S/C28H44N4O3SSi/c1-18-23(36-17-31-18)20-12-10-19(11-13-20)15-30-25(33)22-14-21(35-37(8,9)28(5,6)7)16-32(22)26(34)24(29)27(2,3)4/h10-13,17,21-22,24H,14-16,29H2,1-9H3,(H,30,33)/t21?,22?,24-/m1/s1. The van der Waals surface area contributed by atoms with Gasteiger partial charge in [0, 0.05) is 19.5 Å². The number of carbonyl (C=O) groups is 2. The minimum atomic E-state index is -2.07. The van der Waals surface area contributed by atoms with Gasteiger partial charge in [-0.1, -0.05) is 65.8 Å². The Morgan fingerprint density at radius 2 is 1.81 bits per heavy atom. The lowest BCUT2D eigenvalue weighted by atomic mass is 9.86. The summed E-state index contributed by atoms with van der Waals surface area (Å²) in [5.74, 6) is -0.364. The summed E-state index contributed by atoms with van der Waals surface area (Å²) in [6.45, 7) is 19.6. The Morgan fingerprint density at radius 3 is 2.32 bits per heavy atom. The van der Waals surface area contributed by atoms with E-state index >= 15 is 0 Å². The minimum Gasteiger partial charge on any atom is -0.412 e. The summed E-state index contributed by atoms with van der Waals surface area (Å²) in [5, 5.41) is 3.09. The van der Waals surface area contributed by atoms with Gasteiger partial charge in [-0.3, -0.25) is 9.59 Å². The number of nitrogens with two attached hydrogens (primary N) is 1. The predicted molar refractivity (Wildman–Crippen MR) is 154 cm³/mol. The highest BCUT2D eigenvalue weighted by molar-refractivity contribution is 7.13. The monoisotopic (exact) mass is 544 g/mol. The SMILES string of the molecule is Cc1ncsc1-c1ccc(CNC(=O)C2CC(O[Si](C)(C)C(C)(C)C)CN2C(=O)[C@@H](N)C(C)(C)C)cc1. The molecule has 0 radical (unpaired) electrons. The van der Waals surface area contributed by atoms with Gasteiger partial charge < -0.3 is 20.4 Å². The fourth-order valence-electron chi connectivity index (χ4n) is 4.18. The van der Waals surface area contributed by atoms with Gasteiger partial charge >= 0.3 is 0 Å². The molecule has 1 fully saturated rings. The van der Waals surface area contributed by atoms with Gasteiger partial charge in [-0.15, -0.1) is 11.3 Å². The van der Waals surface area contributed by atoms with E-state index in [0.29, 0.717) is 19.5 Å². The van der Waals surface area contributed by atoms with Crippen LogP contribution in [0, 0.1) is 12.3 Å². The normalized spacial score (nSPS) is 19.7. The van der Waals surface area contributed by atoms with E-state index in [9.17, 15) is 9.59 Å². The number of hydrogen-bond acceptors (Lipinski definition) is 6. The largest absolute Gasteiger partial charge is 0.412 e. The number of rotatable bonds is 7. The molecule has 1 saturated heterocycles. The van der Waals surface area contributed by atoms with Crippen molar-refractivity contribution >= 4 is 31.5 Å². The average molecular weight is 545 g/mol. The molecule has 1 aromatic carbocycles. The molecule has 0 saturated carbocycles. The summed E-state index contributed by atoms with van der Waals surface area (Å²) >= 11 is 1.62. The number of nitrogens with one attached hydrogen (secondary N) is 1. The van der Waals surface area contributed by atoms with E-state index in [1.807, 2.05) is 45.3 Å². The second kappa shape index (κ2) is 11.0. The van der Waals surface area contributed by atoms with Crippen molar-refractivity contribution in [3.8, 4) is 10.4 Å². The first-order chi connectivity index (χ1) is 17.0. The van der Waals surface area contributed by atoms with Crippen molar-refractivity contribution in [1.29, 1.82) is 0 Å². The van der Waals surface area contributed by atoms with Crippen LogP contribution in [-0.2, 0) is 20.6 Å². The van der Waals surface area contributed by atoms with Gasteiger partial charge in [-0.25, -0.2) is 4.98 Å². The Kier molecular flexibility index (Phi) is 8.73. The maximum Gasteiger partial charge on any atom is 0.243 e. The molecule has 1 aliphatic heterocycles. The summed E-state index contributed by atoms with van der Waals surface area (Å²) in [5.41, 5.74) is 10.9. The second-order valence-corrected chi connectivity index (χ2v) is 18.4. The molecule has 2 heterocycles. The van der Waals surface area contributed by atoms with Crippen molar-refractivity contribution in [2.45, 2.75) is 97.8 Å². The molecular formula is C28H44N4O3SSi. The first-order valence-corrected chi connectivity index (χ1v) is 16.8. The molecule has 2 amide bonds. The van der Waals surface area contributed by atoms with Gasteiger partial charge in [0.05, 0.1) is 28.2 Å². The highest BCUT2D eigenvalue weighted by Crippen LogP contribution is 2.39. The van der Waals surface area contributed by atoms with E-state index in [1.54, 1.807) is 16.2 Å². The van der Waals surface area contributed by atoms with Crippen LogP contribution in [0.5, 0.6) is 0 Å². The lowest BCUT2D eigenvalue weighted by Crippen LogP contribution is -2.55. The van der Waals surface area contributed by atoms with Gasteiger partial charge in [0.1, 0.15) is 6.04 Å². The molecule has 2 aromatic rings. The highest BCUT2D eigenvalue weighted by atomic mass is 32.1.